The topological polar surface area (TPSA) is 37.3 Å². The van der Waals surface area contributed by atoms with Crippen molar-refractivity contribution in [3.05, 3.63) is 0 Å². The van der Waals surface area contributed by atoms with Crippen LogP contribution >= 0.6 is 0 Å². The van der Waals surface area contributed by atoms with E-state index in [9.17, 15) is 9.90 Å². The molecule has 0 aromatic rings. The first kappa shape index (κ1) is 16.1. The molecule has 7 atom stereocenters. The maximum atomic E-state index is 11.9. The Morgan fingerprint density at radius 1 is 1.04 bits per heavy atom. The number of rotatable bonds is 1. The predicted molar refractivity (Wildman–Crippen MR) is 92.0 cm³/mol. The van der Waals surface area contributed by atoms with Gasteiger partial charge in [-0.1, -0.05) is 20.8 Å². The average molecular weight is 319 g/mol. The highest BCUT2D eigenvalue weighted by Gasteiger charge is 2.63. The van der Waals surface area contributed by atoms with Crippen LogP contribution in [0.4, 0.5) is 0 Å². The van der Waals surface area contributed by atoms with Crippen molar-refractivity contribution in [2.24, 2.45) is 34.5 Å². The normalized spacial score (nSPS) is 55.9. The highest BCUT2D eigenvalue weighted by atomic mass is 16.3. The minimum Gasteiger partial charge on any atom is -0.389 e. The van der Waals surface area contributed by atoms with Crippen LogP contribution in [0.3, 0.4) is 0 Å². The Balaban J connectivity index is 1.64. The van der Waals surface area contributed by atoms with Crippen LogP contribution < -0.4 is 0 Å². The lowest BCUT2D eigenvalue weighted by Gasteiger charge is -2.61. The first-order valence-electron chi connectivity index (χ1n) is 10.1. The second-order valence-electron chi connectivity index (χ2n) is 9.78. The van der Waals surface area contributed by atoms with Crippen molar-refractivity contribution in [3.63, 3.8) is 0 Å². The van der Waals surface area contributed by atoms with Crippen molar-refractivity contribution < 1.29 is 9.90 Å². The van der Waals surface area contributed by atoms with E-state index in [0.29, 0.717) is 23.0 Å². The van der Waals surface area contributed by atoms with Gasteiger partial charge in [-0.2, -0.15) is 0 Å². The predicted octanol–water partition coefficient (Wildman–Crippen LogP) is 4.74. The van der Waals surface area contributed by atoms with Crippen molar-refractivity contribution in [1.29, 1.82) is 0 Å². The van der Waals surface area contributed by atoms with Gasteiger partial charge in [-0.05, 0) is 85.9 Å². The lowest BCUT2D eigenvalue weighted by atomic mass is 9.44. The summed E-state index contributed by atoms with van der Waals surface area (Å²) in [6.07, 6.45) is 11.0. The summed E-state index contributed by atoms with van der Waals surface area (Å²) in [6, 6.07) is 0. The fraction of sp³-hybridized carbons (Fsp3) is 0.952. The standard InChI is InChI=1S/C21H34O2/c1-4-21(23)12-9-18-16-6-5-14-13-15(22)7-10-19(14,2)17(16)8-11-20(18,21)3/h14,16-18,23H,4-13H2,1-3H3/t14?,16-,17-,18+,19+,20+,21?/m1/s1. The van der Waals surface area contributed by atoms with E-state index >= 15 is 0 Å². The largest absolute Gasteiger partial charge is 0.389 e. The van der Waals surface area contributed by atoms with E-state index in [0.717, 1.165) is 43.9 Å². The zero-order valence-corrected chi connectivity index (χ0v) is 15.2. The molecule has 0 heterocycles. The highest BCUT2D eigenvalue weighted by Crippen LogP contribution is 2.68. The Labute approximate surface area is 141 Å². The number of fused-ring (bicyclic) bond motifs is 5. The van der Waals surface area contributed by atoms with Gasteiger partial charge in [-0.3, -0.25) is 4.79 Å². The molecular formula is C21H34O2. The van der Waals surface area contributed by atoms with Crippen LogP contribution in [0.25, 0.3) is 0 Å². The van der Waals surface area contributed by atoms with Crippen LogP contribution in [0.1, 0.15) is 85.0 Å². The molecule has 130 valence electrons. The van der Waals surface area contributed by atoms with Gasteiger partial charge in [0.05, 0.1) is 5.60 Å². The van der Waals surface area contributed by atoms with Crippen LogP contribution in [0.15, 0.2) is 0 Å². The fourth-order valence-corrected chi connectivity index (χ4v) is 7.74. The molecular weight excluding hydrogens is 284 g/mol. The van der Waals surface area contributed by atoms with Crippen molar-refractivity contribution >= 4 is 5.78 Å². The summed E-state index contributed by atoms with van der Waals surface area (Å²) in [5.74, 6) is 3.45. The van der Waals surface area contributed by atoms with Crippen LogP contribution in [-0.2, 0) is 4.79 Å². The van der Waals surface area contributed by atoms with Gasteiger partial charge in [-0.15, -0.1) is 0 Å². The van der Waals surface area contributed by atoms with Gasteiger partial charge < -0.3 is 5.11 Å². The molecule has 0 saturated heterocycles. The molecule has 4 aliphatic rings. The molecule has 4 aliphatic carbocycles. The molecule has 0 aromatic heterocycles. The summed E-state index contributed by atoms with van der Waals surface area (Å²) in [5, 5.41) is 11.2. The van der Waals surface area contributed by atoms with E-state index in [2.05, 4.69) is 20.8 Å². The van der Waals surface area contributed by atoms with Crippen LogP contribution in [0, 0.1) is 34.5 Å². The molecule has 4 saturated carbocycles. The van der Waals surface area contributed by atoms with E-state index in [1.165, 1.54) is 32.1 Å². The Morgan fingerprint density at radius 2 is 1.78 bits per heavy atom. The summed E-state index contributed by atoms with van der Waals surface area (Å²) in [7, 11) is 0. The molecule has 0 aliphatic heterocycles. The molecule has 4 rings (SSSR count). The fourth-order valence-electron chi connectivity index (χ4n) is 7.74. The third-order valence-electron chi connectivity index (χ3n) is 9.39. The maximum absolute atomic E-state index is 11.9. The Morgan fingerprint density at radius 3 is 2.52 bits per heavy atom. The van der Waals surface area contributed by atoms with Crippen molar-refractivity contribution in [2.75, 3.05) is 0 Å². The highest BCUT2D eigenvalue weighted by molar-refractivity contribution is 5.79. The molecule has 0 spiro atoms. The average Bonchev–Trinajstić information content (AvgIpc) is 2.80. The van der Waals surface area contributed by atoms with E-state index in [-0.39, 0.29) is 5.41 Å². The van der Waals surface area contributed by atoms with Crippen LogP contribution in [0.5, 0.6) is 0 Å². The number of aliphatic hydroxyl groups is 1. The summed E-state index contributed by atoms with van der Waals surface area (Å²) in [5.41, 5.74) is 0.102. The summed E-state index contributed by atoms with van der Waals surface area (Å²) in [6.45, 7) is 7.07. The summed E-state index contributed by atoms with van der Waals surface area (Å²) >= 11 is 0. The molecule has 2 unspecified atom stereocenters. The zero-order valence-electron chi connectivity index (χ0n) is 15.2. The first-order chi connectivity index (χ1) is 10.8. The van der Waals surface area contributed by atoms with Crippen molar-refractivity contribution in [3.8, 4) is 0 Å². The van der Waals surface area contributed by atoms with Gasteiger partial charge in [0.15, 0.2) is 0 Å². The van der Waals surface area contributed by atoms with Crippen molar-refractivity contribution in [1.82, 2.24) is 0 Å². The molecule has 0 bridgehead atoms. The number of ketones is 1. The maximum Gasteiger partial charge on any atom is 0.133 e. The minimum absolute atomic E-state index is 0.136. The van der Waals surface area contributed by atoms with Crippen LogP contribution in [0.2, 0.25) is 0 Å². The second-order valence-corrected chi connectivity index (χ2v) is 9.78. The van der Waals surface area contributed by atoms with Gasteiger partial charge in [-0.25, -0.2) is 0 Å². The van der Waals surface area contributed by atoms with E-state index in [1.54, 1.807) is 0 Å². The van der Waals surface area contributed by atoms with Gasteiger partial charge in [0.1, 0.15) is 5.78 Å². The van der Waals surface area contributed by atoms with E-state index < -0.39 is 5.60 Å². The lowest BCUT2D eigenvalue weighted by molar-refractivity contribution is -0.157. The second kappa shape index (κ2) is 5.07. The molecule has 2 nitrogen and oxygen atoms in total. The summed E-state index contributed by atoms with van der Waals surface area (Å²) < 4.78 is 0. The number of hydrogen-bond acceptors (Lipinski definition) is 2. The van der Waals surface area contributed by atoms with Gasteiger partial charge >= 0.3 is 0 Å². The molecule has 0 aromatic carbocycles. The Kier molecular flexibility index (Phi) is 3.55. The van der Waals surface area contributed by atoms with Gasteiger partial charge in [0.25, 0.3) is 0 Å². The molecule has 0 radical (unpaired) electrons. The van der Waals surface area contributed by atoms with Crippen molar-refractivity contribution in [2.45, 2.75) is 90.6 Å². The monoisotopic (exact) mass is 318 g/mol. The molecule has 4 fully saturated rings. The number of carbonyl (C=O) groups is 1. The number of Topliss-reactive ketones (excluding diaryl/α,β-unsaturated/α-hetero) is 1. The summed E-state index contributed by atoms with van der Waals surface area (Å²) in [4.78, 5) is 11.9. The zero-order chi connectivity index (χ0) is 16.5. The third kappa shape index (κ3) is 2.00. The smallest absolute Gasteiger partial charge is 0.133 e. The van der Waals surface area contributed by atoms with E-state index in [4.69, 9.17) is 0 Å². The Bertz CT molecular complexity index is 514. The van der Waals surface area contributed by atoms with E-state index in [1.807, 2.05) is 0 Å². The van der Waals surface area contributed by atoms with Gasteiger partial charge in [0.2, 0.25) is 0 Å². The first-order valence-corrected chi connectivity index (χ1v) is 10.1. The van der Waals surface area contributed by atoms with Gasteiger partial charge in [0, 0.05) is 12.8 Å². The molecule has 2 heteroatoms. The molecule has 0 amide bonds. The quantitative estimate of drug-likeness (QED) is 0.758. The lowest BCUT2D eigenvalue weighted by Crippen LogP contribution is -2.56. The molecule has 1 N–H and O–H groups in total. The SMILES string of the molecule is CCC1(O)CC[C@H]2[C@@H]3CCC4CC(=O)CC[C@]4(C)[C@@H]3CC[C@@]21C. The third-order valence-corrected chi connectivity index (χ3v) is 9.39. The minimum atomic E-state index is -0.428. The molecule has 23 heavy (non-hydrogen) atoms. The Hall–Kier alpha value is -0.370. The number of hydrogen-bond donors (Lipinski definition) is 1. The number of carbonyl (C=O) groups excluding carboxylic acids is 1. The van der Waals surface area contributed by atoms with Crippen LogP contribution in [-0.4, -0.2) is 16.5 Å².